The molecule has 0 atom stereocenters. The van der Waals surface area contributed by atoms with Crippen LogP contribution in [0.4, 0.5) is 26.3 Å². The van der Waals surface area contributed by atoms with Crippen LogP contribution in [0.3, 0.4) is 0 Å². The van der Waals surface area contributed by atoms with Crippen molar-refractivity contribution in [3.63, 3.8) is 0 Å². The van der Waals surface area contributed by atoms with Crippen LogP contribution in [-0.2, 0) is 32.0 Å². The van der Waals surface area contributed by atoms with Crippen molar-refractivity contribution in [3.8, 4) is 0 Å². The topological polar surface area (TPSA) is 28.2 Å². The number of nitrogens with zero attached hydrogens (tertiary/aromatic N) is 2. The molecule has 1 heterocycles. The molecule has 0 unspecified atom stereocenters. The zero-order chi connectivity index (χ0) is 24.0. The van der Waals surface area contributed by atoms with Gasteiger partial charge in [0.05, 0.1) is 16.8 Å². The van der Waals surface area contributed by atoms with E-state index in [1.807, 2.05) is 19.9 Å². The first-order valence-electron chi connectivity index (χ1n) is 11.1. The zero-order valence-electron chi connectivity index (χ0n) is 18.6. The van der Waals surface area contributed by atoms with Crippen LogP contribution in [0.25, 0.3) is 0 Å². The summed E-state index contributed by atoms with van der Waals surface area (Å²) < 4.78 is 78.7. The van der Waals surface area contributed by atoms with Gasteiger partial charge in [0.1, 0.15) is 0 Å². The highest BCUT2D eigenvalue weighted by Gasteiger charge is 2.39. The molecule has 1 aromatic carbocycles. The molecule has 0 spiro atoms. The summed E-state index contributed by atoms with van der Waals surface area (Å²) in [6, 6.07) is 4.88. The van der Waals surface area contributed by atoms with Gasteiger partial charge in [-0.05, 0) is 74.4 Å². The van der Waals surface area contributed by atoms with Gasteiger partial charge >= 0.3 is 12.4 Å². The van der Waals surface area contributed by atoms with Crippen molar-refractivity contribution in [2.24, 2.45) is 0 Å². The second kappa shape index (κ2) is 8.91. The van der Waals surface area contributed by atoms with Gasteiger partial charge in [-0.3, -0.25) is 9.88 Å². The summed E-state index contributed by atoms with van der Waals surface area (Å²) >= 11 is 0. The van der Waals surface area contributed by atoms with Gasteiger partial charge in [-0.2, -0.15) is 26.3 Å². The van der Waals surface area contributed by atoms with Gasteiger partial charge in [0.2, 0.25) is 0 Å². The Kier molecular flexibility index (Phi) is 6.48. The Morgan fingerprint density at radius 1 is 0.848 bits per heavy atom. The number of pyridine rings is 1. The molecule has 0 amide bonds. The van der Waals surface area contributed by atoms with Crippen molar-refractivity contribution in [2.75, 3.05) is 0 Å². The molecule has 4 rings (SSSR count). The summed E-state index contributed by atoms with van der Waals surface area (Å²) in [5.41, 5.74) is 1.11. The number of halogens is 6. The third-order valence-electron chi connectivity index (χ3n) is 6.29. The number of benzene rings is 1. The average Bonchev–Trinajstić information content (AvgIpc) is 3.61. The lowest BCUT2D eigenvalue weighted by Crippen LogP contribution is -2.29. The Bertz CT molecular complexity index is 962. The highest BCUT2D eigenvalue weighted by atomic mass is 19.4. The SMILES string of the molecule is Cc1cc(CNCc2cc(C(F)(F)F)cc(C(F)(F)F)c2)c(CN(C2CC2)C2CC2)nc1C. The number of nitrogens with one attached hydrogen (secondary N) is 1. The van der Waals surface area contributed by atoms with Crippen LogP contribution >= 0.6 is 0 Å². The maximum Gasteiger partial charge on any atom is 0.416 e. The molecule has 0 aliphatic heterocycles. The van der Waals surface area contributed by atoms with E-state index in [1.165, 1.54) is 25.7 Å². The van der Waals surface area contributed by atoms with E-state index in [1.54, 1.807) is 0 Å². The van der Waals surface area contributed by atoms with Crippen LogP contribution in [-0.4, -0.2) is 22.0 Å². The molecule has 33 heavy (non-hydrogen) atoms. The first-order chi connectivity index (χ1) is 15.4. The van der Waals surface area contributed by atoms with Crippen LogP contribution < -0.4 is 5.32 Å². The van der Waals surface area contributed by atoms with Crippen molar-refractivity contribution < 1.29 is 26.3 Å². The molecule has 0 saturated heterocycles. The number of hydrogen-bond acceptors (Lipinski definition) is 3. The number of aromatic nitrogens is 1. The Hall–Kier alpha value is -2.13. The van der Waals surface area contributed by atoms with Crippen LogP contribution in [0.2, 0.25) is 0 Å². The third-order valence-corrected chi connectivity index (χ3v) is 6.29. The summed E-state index contributed by atoms with van der Waals surface area (Å²) in [6.45, 7) is 4.79. The summed E-state index contributed by atoms with van der Waals surface area (Å²) in [5.74, 6) is 0. The molecule has 9 heteroatoms. The fourth-order valence-electron chi connectivity index (χ4n) is 4.11. The quantitative estimate of drug-likeness (QED) is 0.468. The molecule has 1 aromatic heterocycles. The zero-order valence-corrected chi connectivity index (χ0v) is 18.6. The Labute approximate surface area is 189 Å². The third kappa shape index (κ3) is 6.06. The lowest BCUT2D eigenvalue weighted by Gasteiger charge is -2.23. The van der Waals surface area contributed by atoms with E-state index in [0.29, 0.717) is 18.6 Å². The molecule has 2 aliphatic rings. The molecule has 0 radical (unpaired) electrons. The molecular weight excluding hydrogens is 444 g/mol. The first kappa shape index (κ1) is 24.0. The highest BCUT2D eigenvalue weighted by molar-refractivity contribution is 5.34. The van der Waals surface area contributed by atoms with Crippen molar-refractivity contribution in [3.05, 3.63) is 63.5 Å². The van der Waals surface area contributed by atoms with Gasteiger partial charge in [-0.1, -0.05) is 6.07 Å². The predicted molar refractivity (Wildman–Crippen MR) is 112 cm³/mol. The maximum atomic E-state index is 13.1. The summed E-state index contributed by atoms with van der Waals surface area (Å²) in [4.78, 5) is 7.26. The predicted octanol–water partition coefficient (Wildman–Crippen LogP) is 6.15. The summed E-state index contributed by atoms with van der Waals surface area (Å²) in [5, 5.41) is 3.03. The molecule has 180 valence electrons. The monoisotopic (exact) mass is 471 g/mol. The van der Waals surface area contributed by atoms with E-state index >= 15 is 0 Å². The maximum absolute atomic E-state index is 13.1. The molecule has 3 nitrogen and oxygen atoms in total. The van der Waals surface area contributed by atoms with E-state index < -0.39 is 23.5 Å². The lowest BCUT2D eigenvalue weighted by atomic mass is 10.0. The van der Waals surface area contributed by atoms with E-state index in [2.05, 4.69) is 10.2 Å². The molecule has 0 bridgehead atoms. The first-order valence-corrected chi connectivity index (χ1v) is 11.1. The molecular formula is C24H27F6N3. The largest absolute Gasteiger partial charge is 0.416 e. The molecule has 2 aliphatic carbocycles. The smallest absolute Gasteiger partial charge is 0.309 e. The Morgan fingerprint density at radius 2 is 1.39 bits per heavy atom. The average molecular weight is 471 g/mol. The van der Waals surface area contributed by atoms with Gasteiger partial charge in [-0.25, -0.2) is 0 Å². The minimum absolute atomic E-state index is 0.0620. The van der Waals surface area contributed by atoms with E-state index in [-0.39, 0.29) is 18.2 Å². The second-order valence-corrected chi connectivity index (χ2v) is 9.15. The van der Waals surface area contributed by atoms with Gasteiger partial charge < -0.3 is 5.32 Å². The van der Waals surface area contributed by atoms with Crippen LogP contribution in [0.5, 0.6) is 0 Å². The standard InChI is InChI=1S/C24H27F6N3/c1-14-7-17(22(32-15(14)2)13-33(20-3-4-20)21-5-6-21)12-31-11-16-8-18(23(25,26)27)10-19(9-16)24(28,29)30/h7-10,20-21,31H,3-6,11-13H2,1-2H3. The van der Waals surface area contributed by atoms with E-state index in [0.717, 1.165) is 41.2 Å². The summed E-state index contributed by atoms with van der Waals surface area (Å²) in [6.07, 6.45) is -4.96. The van der Waals surface area contributed by atoms with Gasteiger partial charge in [-0.15, -0.1) is 0 Å². The fraction of sp³-hybridized carbons (Fsp3) is 0.542. The van der Waals surface area contributed by atoms with Gasteiger partial charge in [0.25, 0.3) is 0 Å². The van der Waals surface area contributed by atoms with Gasteiger partial charge in [0, 0.05) is 37.4 Å². The van der Waals surface area contributed by atoms with E-state index in [4.69, 9.17) is 4.98 Å². The number of alkyl halides is 6. The number of aryl methyl sites for hydroxylation is 2. The normalized spacial score (nSPS) is 17.1. The van der Waals surface area contributed by atoms with Crippen molar-refractivity contribution in [1.82, 2.24) is 15.2 Å². The van der Waals surface area contributed by atoms with Crippen molar-refractivity contribution in [2.45, 2.75) is 83.6 Å². The molecule has 2 aromatic rings. The van der Waals surface area contributed by atoms with Crippen molar-refractivity contribution >= 4 is 0 Å². The fourth-order valence-corrected chi connectivity index (χ4v) is 4.11. The van der Waals surface area contributed by atoms with Gasteiger partial charge in [0.15, 0.2) is 0 Å². The minimum Gasteiger partial charge on any atom is -0.309 e. The molecule has 1 N–H and O–H groups in total. The lowest BCUT2D eigenvalue weighted by molar-refractivity contribution is -0.143. The molecule has 2 saturated carbocycles. The Morgan fingerprint density at radius 3 is 1.88 bits per heavy atom. The van der Waals surface area contributed by atoms with Crippen LogP contribution in [0, 0.1) is 13.8 Å². The van der Waals surface area contributed by atoms with E-state index in [9.17, 15) is 26.3 Å². The Balaban J connectivity index is 1.51. The van der Waals surface area contributed by atoms with Crippen LogP contribution in [0.1, 0.15) is 64.9 Å². The molecule has 2 fully saturated rings. The highest BCUT2D eigenvalue weighted by Crippen LogP contribution is 2.39. The van der Waals surface area contributed by atoms with Crippen molar-refractivity contribution in [1.29, 1.82) is 0 Å². The second-order valence-electron chi connectivity index (χ2n) is 9.15. The number of hydrogen-bond donors (Lipinski definition) is 1. The summed E-state index contributed by atoms with van der Waals surface area (Å²) in [7, 11) is 0. The number of rotatable bonds is 8. The van der Waals surface area contributed by atoms with Crippen LogP contribution in [0.15, 0.2) is 24.3 Å². The minimum atomic E-state index is -4.85.